The highest BCUT2D eigenvalue weighted by Gasteiger charge is 2.09. The van der Waals surface area contributed by atoms with Gasteiger partial charge in [-0.15, -0.1) is 0 Å². The Hall–Kier alpha value is -2.08. The van der Waals surface area contributed by atoms with Crippen molar-refractivity contribution in [1.82, 2.24) is 4.98 Å². The van der Waals surface area contributed by atoms with Gasteiger partial charge in [-0.3, -0.25) is 0 Å². The molecule has 3 N–H and O–H groups in total. The number of halogens is 2. The molecule has 1 heterocycles. The third kappa shape index (κ3) is 2.60. The molecule has 0 spiro atoms. The zero-order valence-corrected chi connectivity index (χ0v) is 9.97. The monoisotopic (exact) mass is 265 g/mol. The van der Waals surface area contributed by atoms with Crippen LogP contribution in [0.1, 0.15) is 5.56 Å². The molecule has 0 aliphatic rings. The lowest BCUT2D eigenvalue weighted by Crippen LogP contribution is -2.13. The summed E-state index contributed by atoms with van der Waals surface area (Å²) in [5.41, 5.74) is 5.97. The first-order chi connectivity index (χ1) is 8.58. The molecule has 92 valence electrons. The van der Waals surface area contributed by atoms with Crippen molar-refractivity contribution in [2.24, 2.45) is 5.73 Å². The number of benzene rings is 1. The molecule has 0 fully saturated rings. The van der Waals surface area contributed by atoms with E-state index in [0.29, 0.717) is 5.56 Å². The minimum Gasteiger partial charge on any atom is -0.389 e. The van der Waals surface area contributed by atoms with Crippen LogP contribution in [0.5, 0.6) is 0 Å². The summed E-state index contributed by atoms with van der Waals surface area (Å²) in [6.45, 7) is 0. The average molecular weight is 265 g/mol. The smallest absolute Gasteiger partial charge is 0.146 e. The highest BCUT2D eigenvalue weighted by molar-refractivity contribution is 7.80. The number of nitrogens with two attached hydrogens (primary N) is 1. The predicted molar refractivity (Wildman–Crippen MR) is 69.8 cm³/mol. The fourth-order valence-corrected chi connectivity index (χ4v) is 1.59. The number of hydrogen-bond acceptors (Lipinski definition) is 3. The molecule has 18 heavy (non-hydrogen) atoms. The lowest BCUT2D eigenvalue weighted by molar-refractivity contribution is 0.603. The van der Waals surface area contributed by atoms with E-state index in [9.17, 15) is 8.78 Å². The van der Waals surface area contributed by atoms with Gasteiger partial charge in [-0.05, 0) is 24.3 Å². The van der Waals surface area contributed by atoms with Crippen LogP contribution < -0.4 is 11.1 Å². The van der Waals surface area contributed by atoms with Gasteiger partial charge in [0.05, 0.1) is 11.3 Å². The molecule has 0 amide bonds. The number of nitrogens with zero attached hydrogens (tertiary/aromatic N) is 1. The zero-order chi connectivity index (χ0) is 13.1. The summed E-state index contributed by atoms with van der Waals surface area (Å²) in [6, 6.07) is 6.40. The van der Waals surface area contributed by atoms with Gasteiger partial charge in [0, 0.05) is 12.3 Å². The summed E-state index contributed by atoms with van der Waals surface area (Å²) in [6.07, 6.45) is 1.50. The highest BCUT2D eigenvalue weighted by Crippen LogP contribution is 2.21. The molecule has 1 aromatic carbocycles. The molecule has 0 saturated heterocycles. The van der Waals surface area contributed by atoms with Crippen molar-refractivity contribution in [3.63, 3.8) is 0 Å². The Bertz CT molecular complexity index is 602. The van der Waals surface area contributed by atoms with Crippen molar-refractivity contribution in [1.29, 1.82) is 0 Å². The van der Waals surface area contributed by atoms with Crippen LogP contribution >= 0.6 is 12.2 Å². The number of aromatic nitrogens is 1. The van der Waals surface area contributed by atoms with Crippen LogP contribution in [0.2, 0.25) is 0 Å². The van der Waals surface area contributed by atoms with Gasteiger partial charge in [0.15, 0.2) is 0 Å². The topological polar surface area (TPSA) is 50.9 Å². The minimum absolute atomic E-state index is 0.0220. The fourth-order valence-electron chi connectivity index (χ4n) is 1.42. The molecule has 1 aromatic heterocycles. The van der Waals surface area contributed by atoms with Crippen LogP contribution in [-0.4, -0.2) is 9.97 Å². The second-order valence-electron chi connectivity index (χ2n) is 3.51. The number of rotatable bonds is 3. The predicted octanol–water partition coefficient (Wildman–Crippen LogP) is 2.74. The number of pyridine rings is 1. The molecule has 2 aromatic rings. The van der Waals surface area contributed by atoms with Crippen molar-refractivity contribution in [2.75, 3.05) is 5.32 Å². The Labute approximate surface area is 108 Å². The Morgan fingerprint density at radius 1 is 1.28 bits per heavy atom. The van der Waals surface area contributed by atoms with Crippen LogP contribution in [0.15, 0.2) is 36.5 Å². The summed E-state index contributed by atoms with van der Waals surface area (Å²) in [4.78, 5) is 4.13. The van der Waals surface area contributed by atoms with Crippen LogP contribution in [0, 0.1) is 11.6 Å². The number of hydrogen-bond donors (Lipinski definition) is 2. The van der Waals surface area contributed by atoms with E-state index >= 15 is 0 Å². The van der Waals surface area contributed by atoms with Gasteiger partial charge >= 0.3 is 0 Å². The van der Waals surface area contributed by atoms with E-state index in [1.54, 1.807) is 12.1 Å². The number of anilines is 2. The summed E-state index contributed by atoms with van der Waals surface area (Å²) in [7, 11) is 0. The van der Waals surface area contributed by atoms with E-state index in [1.807, 2.05) is 0 Å². The van der Waals surface area contributed by atoms with Gasteiger partial charge in [-0.2, -0.15) is 0 Å². The van der Waals surface area contributed by atoms with Crippen LogP contribution in [0.25, 0.3) is 0 Å². The standard InChI is InChI=1S/C12H9F2N3S/c13-7-3-4-9(14)10(6-7)17-12-8(11(15)18)2-1-5-16-12/h1-6H,(H2,15,18)(H,16,17). The van der Waals surface area contributed by atoms with Crippen LogP contribution in [-0.2, 0) is 0 Å². The quantitative estimate of drug-likeness (QED) is 0.838. The van der Waals surface area contributed by atoms with E-state index in [2.05, 4.69) is 10.3 Å². The molecule has 0 aliphatic carbocycles. The third-order valence-electron chi connectivity index (χ3n) is 2.25. The van der Waals surface area contributed by atoms with Crippen molar-refractivity contribution in [3.05, 3.63) is 53.7 Å². The zero-order valence-electron chi connectivity index (χ0n) is 9.15. The normalized spacial score (nSPS) is 10.1. The molecule has 0 atom stereocenters. The number of nitrogens with one attached hydrogen (secondary N) is 1. The van der Waals surface area contributed by atoms with E-state index in [0.717, 1.165) is 18.2 Å². The van der Waals surface area contributed by atoms with E-state index in [4.69, 9.17) is 18.0 Å². The van der Waals surface area contributed by atoms with Crippen molar-refractivity contribution >= 4 is 28.7 Å². The van der Waals surface area contributed by atoms with Crippen molar-refractivity contribution in [2.45, 2.75) is 0 Å². The molecular weight excluding hydrogens is 256 g/mol. The van der Waals surface area contributed by atoms with E-state index in [1.165, 1.54) is 6.20 Å². The van der Waals surface area contributed by atoms with Crippen LogP contribution in [0.4, 0.5) is 20.3 Å². The molecular formula is C12H9F2N3S. The summed E-state index contributed by atoms with van der Waals surface area (Å²) < 4.78 is 26.5. The second-order valence-corrected chi connectivity index (χ2v) is 3.95. The van der Waals surface area contributed by atoms with Gasteiger partial charge in [0.25, 0.3) is 0 Å². The molecule has 2 rings (SSSR count). The molecule has 0 aliphatic heterocycles. The SMILES string of the molecule is NC(=S)c1cccnc1Nc1cc(F)ccc1F. The average Bonchev–Trinajstić information content (AvgIpc) is 2.34. The maximum atomic E-state index is 13.5. The summed E-state index contributed by atoms with van der Waals surface area (Å²) in [5, 5.41) is 2.67. The molecule has 6 heteroatoms. The van der Waals surface area contributed by atoms with Gasteiger partial charge in [0.1, 0.15) is 22.4 Å². The summed E-state index contributed by atoms with van der Waals surface area (Å²) in [5.74, 6) is -0.850. The van der Waals surface area contributed by atoms with E-state index in [-0.39, 0.29) is 16.5 Å². The van der Waals surface area contributed by atoms with Gasteiger partial charge in [0.2, 0.25) is 0 Å². The molecule has 0 radical (unpaired) electrons. The Morgan fingerprint density at radius 3 is 2.78 bits per heavy atom. The van der Waals surface area contributed by atoms with Crippen molar-refractivity contribution < 1.29 is 8.78 Å². The van der Waals surface area contributed by atoms with Crippen molar-refractivity contribution in [3.8, 4) is 0 Å². The first kappa shape index (κ1) is 12.4. The summed E-state index contributed by atoms with van der Waals surface area (Å²) >= 11 is 4.85. The fraction of sp³-hybridized carbons (Fsp3) is 0. The molecule has 3 nitrogen and oxygen atoms in total. The third-order valence-corrected chi connectivity index (χ3v) is 2.47. The van der Waals surface area contributed by atoms with E-state index < -0.39 is 11.6 Å². The largest absolute Gasteiger partial charge is 0.389 e. The maximum absolute atomic E-state index is 13.5. The molecule has 0 unspecified atom stereocenters. The minimum atomic E-state index is -0.587. The Balaban J connectivity index is 2.40. The highest BCUT2D eigenvalue weighted by atomic mass is 32.1. The lowest BCUT2D eigenvalue weighted by atomic mass is 10.2. The van der Waals surface area contributed by atoms with Gasteiger partial charge in [-0.25, -0.2) is 13.8 Å². The Kier molecular flexibility index (Phi) is 3.47. The first-order valence-corrected chi connectivity index (χ1v) is 5.45. The molecule has 0 bridgehead atoms. The maximum Gasteiger partial charge on any atom is 0.146 e. The Morgan fingerprint density at radius 2 is 2.06 bits per heavy atom. The number of thiocarbonyl (C=S) groups is 1. The second kappa shape index (κ2) is 5.05. The van der Waals surface area contributed by atoms with Crippen LogP contribution in [0.3, 0.4) is 0 Å². The van der Waals surface area contributed by atoms with Gasteiger partial charge in [-0.1, -0.05) is 12.2 Å². The lowest BCUT2D eigenvalue weighted by Gasteiger charge is -2.10. The van der Waals surface area contributed by atoms with Gasteiger partial charge < -0.3 is 11.1 Å². The first-order valence-electron chi connectivity index (χ1n) is 5.05. The molecule has 0 saturated carbocycles.